The van der Waals surface area contributed by atoms with Gasteiger partial charge in [-0.15, -0.1) is 0 Å². The number of aryl methyl sites for hydroxylation is 1. The number of hydrogen-bond acceptors (Lipinski definition) is 10. The highest BCUT2D eigenvalue weighted by atomic mass is 32.2. The number of amides is 1. The lowest BCUT2D eigenvalue weighted by Crippen LogP contribution is -2.50. The van der Waals surface area contributed by atoms with Gasteiger partial charge in [-0.3, -0.25) is 9.36 Å². The first-order valence-corrected chi connectivity index (χ1v) is 22.6. The minimum Gasteiger partial charge on any atom is -0.444 e. The standard InChI is InChI=1S/C42H56F3N5O7S/c1-26(31-10-9-11-34(36(31)43)42(44,45)28-22-29-13-14-30(23-28)50(29)40(52)57-41(2,3)4)48-37-33-24-32(27-15-20-58(53,54)21-16-27)39(51)49(38(33)47-25-46-37)17-8-6-5-7-12-35-55-18-19-56-35/h9-11,24-30,35H,5-8,12-23H2,1-4H3,(H,46,47,48). The van der Waals surface area contributed by atoms with Gasteiger partial charge >= 0.3 is 6.09 Å². The summed E-state index contributed by atoms with van der Waals surface area (Å²) in [6.45, 7) is 8.57. The minimum atomic E-state index is -3.50. The number of nitrogens with zero attached hydrogens (tertiary/aromatic N) is 4. The molecule has 4 fully saturated rings. The number of alkyl halides is 2. The molecule has 318 valence electrons. The zero-order valence-electron chi connectivity index (χ0n) is 33.9. The lowest BCUT2D eigenvalue weighted by molar-refractivity contribution is -0.100. The number of aromatic nitrogens is 3. The Morgan fingerprint density at radius 3 is 2.34 bits per heavy atom. The van der Waals surface area contributed by atoms with Crippen molar-refractivity contribution in [3.63, 3.8) is 0 Å². The summed E-state index contributed by atoms with van der Waals surface area (Å²) in [5.74, 6) is -5.69. The van der Waals surface area contributed by atoms with E-state index in [0.29, 0.717) is 74.3 Å². The number of benzene rings is 1. The lowest BCUT2D eigenvalue weighted by Gasteiger charge is -2.42. The van der Waals surface area contributed by atoms with Gasteiger partial charge in [0, 0.05) is 35.7 Å². The molecule has 3 atom stereocenters. The third kappa shape index (κ3) is 9.18. The smallest absolute Gasteiger partial charge is 0.410 e. The number of unbranched alkanes of at least 4 members (excludes halogenated alkanes) is 3. The molecular formula is C42H56F3N5O7S. The number of rotatable bonds is 13. The van der Waals surface area contributed by atoms with E-state index in [0.717, 1.165) is 31.7 Å². The maximum Gasteiger partial charge on any atom is 0.410 e. The zero-order chi connectivity index (χ0) is 41.4. The maximum absolute atomic E-state index is 16.5. The van der Waals surface area contributed by atoms with E-state index < -0.39 is 62.9 Å². The van der Waals surface area contributed by atoms with Crippen LogP contribution in [-0.2, 0) is 36.5 Å². The summed E-state index contributed by atoms with van der Waals surface area (Å²) >= 11 is 0. The van der Waals surface area contributed by atoms with Gasteiger partial charge in [-0.2, -0.15) is 0 Å². The Bertz CT molecular complexity index is 2110. The summed E-state index contributed by atoms with van der Waals surface area (Å²) in [4.78, 5) is 37.7. The molecule has 3 unspecified atom stereocenters. The van der Waals surface area contributed by atoms with Crippen LogP contribution in [0.2, 0.25) is 0 Å². The summed E-state index contributed by atoms with van der Waals surface area (Å²) < 4.78 is 92.2. The van der Waals surface area contributed by atoms with E-state index in [9.17, 15) is 18.0 Å². The van der Waals surface area contributed by atoms with Crippen molar-refractivity contribution in [2.24, 2.45) is 5.92 Å². The Kier molecular flexibility index (Phi) is 12.5. The Balaban J connectivity index is 1.12. The lowest BCUT2D eigenvalue weighted by atomic mass is 9.82. The first-order valence-electron chi connectivity index (χ1n) is 20.8. The largest absolute Gasteiger partial charge is 0.444 e. The monoisotopic (exact) mass is 831 g/mol. The van der Waals surface area contributed by atoms with Gasteiger partial charge in [0.2, 0.25) is 0 Å². The fraction of sp³-hybridized carbons (Fsp3) is 0.667. The van der Waals surface area contributed by atoms with Crippen molar-refractivity contribution in [3.8, 4) is 0 Å². The normalized spacial score (nSPS) is 23.4. The van der Waals surface area contributed by atoms with E-state index in [4.69, 9.17) is 14.2 Å². The number of carbonyl (C=O) groups excluding carboxylic acids is 1. The van der Waals surface area contributed by atoms with Crippen molar-refractivity contribution in [1.29, 1.82) is 0 Å². The van der Waals surface area contributed by atoms with Gasteiger partial charge in [0.1, 0.15) is 39.0 Å². The summed E-state index contributed by atoms with van der Waals surface area (Å²) in [5, 5.41) is 3.73. The molecule has 12 nitrogen and oxygen atoms in total. The fourth-order valence-electron chi connectivity index (χ4n) is 9.26. The Hall–Kier alpha value is -3.76. The quantitative estimate of drug-likeness (QED) is 0.169. The van der Waals surface area contributed by atoms with Crippen LogP contribution in [-0.4, -0.2) is 82.6 Å². The molecule has 1 amide bonds. The topological polar surface area (TPSA) is 142 Å². The molecule has 7 rings (SSSR count). The molecule has 4 aliphatic heterocycles. The molecule has 1 N–H and O–H groups in total. The van der Waals surface area contributed by atoms with E-state index in [-0.39, 0.29) is 47.7 Å². The third-order valence-corrected chi connectivity index (χ3v) is 13.9. The summed E-state index contributed by atoms with van der Waals surface area (Å²) in [6.07, 6.45) is 6.74. The molecule has 4 aliphatic rings. The van der Waals surface area contributed by atoms with Gasteiger partial charge in [0.05, 0.1) is 41.7 Å². The maximum atomic E-state index is 16.5. The molecule has 0 saturated carbocycles. The molecule has 58 heavy (non-hydrogen) atoms. The predicted molar refractivity (Wildman–Crippen MR) is 213 cm³/mol. The Morgan fingerprint density at radius 1 is 1.00 bits per heavy atom. The van der Waals surface area contributed by atoms with Gasteiger partial charge < -0.3 is 24.4 Å². The average molecular weight is 832 g/mol. The number of nitrogens with one attached hydrogen (secondary N) is 1. The first kappa shape index (κ1) is 42.4. The van der Waals surface area contributed by atoms with Crippen LogP contribution in [0.5, 0.6) is 0 Å². The van der Waals surface area contributed by atoms with E-state index in [1.807, 2.05) is 0 Å². The highest BCUT2D eigenvalue weighted by Gasteiger charge is 2.53. The molecule has 2 aromatic heterocycles. The van der Waals surface area contributed by atoms with Crippen molar-refractivity contribution < 1.29 is 40.6 Å². The first-order chi connectivity index (χ1) is 27.5. The van der Waals surface area contributed by atoms with Gasteiger partial charge in [-0.1, -0.05) is 31.0 Å². The van der Waals surface area contributed by atoms with Gasteiger partial charge in [0.25, 0.3) is 11.5 Å². The average Bonchev–Trinajstić information content (AvgIpc) is 3.78. The number of carbonyl (C=O) groups is 1. The van der Waals surface area contributed by atoms with E-state index in [2.05, 4.69) is 15.3 Å². The van der Waals surface area contributed by atoms with Crippen LogP contribution in [0, 0.1) is 11.7 Å². The highest BCUT2D eigenvalue weighted by molar-refractivity contribution is 7.91. The van der Waals surface area contributed by atoms with Crippen molar-refractivity contribution in [2.75, 3.05) is 30.0 Å². The molecule has 2 bridgehead atoms. The predicted octanol–water partition coefficient (Wildman–Crippen LogP) is 7.99. The second-order valence-corrected chi connectivity index (χ2v) is 19.8. The Labute approximate surface area is 338 Å². The van der Waals surface area contributed by atoms with Crippen LogP contribution in [0.25, 0.3) is 11.0 Å². The second-order valence-electron chi connectivity index (χ2n) is 17.5. The zero-order valence-corrected chi connectivity index (χ0v) is 34.7. The van der Waals surface area contributed by atoms with E-state index in [1.54, 1.807) is 43.2 Å². The number of pyridine rings is 1. The highest BCUT2D eigenvalue weighted by Crippen LogP contribution is 2.50. The SMILES string of the molecule is CC(Nc1ncnc2c1cc(C1CCS(=O)(=O)CC1)c(=O)n2CCCCCCC1OCCO1)c1cccc(C(F)(F)C2CC3CCC(C2)N3C(=O)OC(C)(C)C)c1F. The van der Waals surface area contributed by atoms with Gasteiger partial charge in [0.15, 0.2) is 6.29 Å². The summed E-state index contributed by atoms with van der Waals surface area (Å²) in [6, 6.07) is 4.12. The minimum absolute atomic E-state index is 0.0125. The molecule has 6 heterocycles. The van der Waals surface area contributed by atoms with Crippen molar-refractivity contribution in [1.82, 2.24) is 19.4 Å². The van der Waals surface area contributed by atoms with E-state index >= 15 is 13.2 Å². The van der Waals surface area contributed by atoms with E-state index in [1.165, 1.54) is 18.5 Å². The molecule has 0 spiro atoms. The van der Waals surface area contributed by atoms with Crippen LogP contribution in [0.15, 0.2) is 35.4 Å². The van der Waals surface area contributed by atoms with Crippen molar-refractivity contribution in [2.45, 2.75) is 147 Å². The van der Waals surface area contributed by atoms with Crippen LogP contribution in [0.4, 0.5) is 23.8 Å². The van der Waals surface area contributed by atoms with Crippen molar-refractivity contribution in [3.05, 3.63) is 63.5 Å². The number of anilines is 1. The molecule has 4 saturated heterocycles. The number of hydrogen-bond donors (Lipinski definition) is 1. The number of sulfone groups is 1. The van der Waals surface area contributed by atoms with Crippen LogP contribution in [0.1, 0.15) is 127 Å². The number of fused-ring (bicyclic) bond motifs is 3. The molecule has 3 aromatic rings. The van der Waals surface area contributed by atoms with Crippen LogP contribution in [0.3, 0.4) is 0 Å². The fourth-order valence-corrected chi connectivity index (χ4v) is 10.7. The Morgan fingerprint density at radius 2 is 1.67 bits per heavy atom. The molecular weight excluding hydrogens is 776 g/mol. The number of piperidine rings is 1. The van der Waals surface area contributed by atoms with Gasteiger partial charge in [-0.25, -0.2) is 36.4 Å². The van der Waals surface area contributed by atoms with Crippen LogP contribution >= 0.6 is 0 Å². The van der Waals surface area contributed by atoms with Crippen LogP contribution < -0.4 is 10.9 Å². The number of ether oxygens (including phenoxy) is 3. The molecule has 0 aliphatic carbocycles. The summed E-state index contributed by atoms with van der Waals surface area (Å²) in [7, 11) is -3.19. The van der Waals surface area contributed by atoms with Gasteiger partial charge in [-0.05, 0) is 97.5 Å². The van der Waals surface area contributed by atoms with Crippen molar-refractivity contribution >= 4 is 32.8 Å². The second kappa shape index (κ2) is 17.1. The number of halogens is 3. The summed E-state index contributed by atoms with van der Waals surface area (Å²) in [5.41, 5.74) is -0.752. The molecule has 1 aromatic carbocycles. The third-order valence-electron chi connectivity index (χ3n) is 12.2. The molecule has 16 heteroatoms. The molecule has 0 radical (unpaired) electrons.